The van der Waals surface area contributed by atoms with E-state index in [1.165, 1.54) is 17.6 Å². The van der Waals surface area contributed by atoms with Gasteiger partial charge in [-0.15, -0.1) is 0 Å². The zero-order valence-corrected chi connectivity index (χ0v) is 10.8. The van der Waals surface area contributed by atoms with Gasteiger partial charge in [-0.25, -0.2) is 0 Å². The van der Waals surface area contributed by atoms with Crippen LogP contribution in [0.5, 0.6) is 0 Å². The molecular formula is C13H18O2S. The first-order valence-electron chi connectivity index (χ1n) is 5.40. The number of rotatable bonds is 4. The van der Waals surface area contributed by atoms with E-state index in [0.29, 0.717) is 6.42 Å². The molecule has 2 nitrogen and oxygen atoms in total. The van der Waals surface area contributed by atoms with Crippen molar-refractivity contribution in [1.82, 2.24) is 0 Å². The molecule has 0 heterocycles. The fourth-order valence-corrected chi connectivity index (χ4v) is 1.53. The van der Waals surface area contributed by atoms with Crippen LogP contribution in [-0.2, 0) is 15.4 Å². The molecule has 0 aliphatic rings. The van der Waals surface area contributed by atoms with E-state index in [1.54, 1.807) is 0 Å². The van der Waals surface area contributed by atoms with Crippen LogP contribution >= 0.6 is 12.0 Å². The molecule has 0 amide bonds. The summed E-state index contributed by atoms with van der Waals surface area (Å²) in [5.74, 6) is -0.149. The standard InChI is InChI=1S/C13H18O2S/c1-13(2,3)16-15-12(14)10-9-11-7-5-4-6-8-11/h4-8H,9-10H2,1-3H3. The van der Waals surface area contributed by atoms with Crippen molar-refractivity contribution in [3.8, 4) is 0 Å². The van der Waals surface area contributed by atoms with Crippen molar-refractivity contribution < 1.29 is 8.98 Å². The Bertz CT molecular complexity index is 328. The Kier molecular flexibility index (Phi) is 4.87. The molecule has 0 N–H and O–H groups in total. The third-order valence-corrected chi connectivity index (χ3v) is 2.61. The number of benzene rings is 1. The molecule has 0 bridgehead atoms. The summed E-state index contributed by atoms with van der Waals surface area (Å²) in [6, 6.07) is 9.96. The van der Waals surface area contributed by atoms with Gasteiger partial charge in [0.15, 0.2) is 0 Å². The van der Waals surface area contributed by atoms with Gasteiger partial charge in [-0.2, -0.15) is 0 Å². The van der Waals surface area contributed by atoms with E-state index in [4.69, 9.17) is 4.18 Å². The maximum Gasteiger partial charge on any atom is 0.318 e. The first-order chi connectivity index (χ1) is 7.47. The summed E-state index contributed by atoms with van der Waals surface area (Å²) in [5, 5.41) is 0. The van der Waals surface area contributed by atoms with E-state index in [2.05, 4.69) is 0 Å². The van der Waals surface area contributed by atoms with Crippen molar-refractivity contribution in [3.63, 3.8) is 0 Å². The zero-order valence-electron chi connectivity index (χ0n) is 10.0. The second-order valence-corrected chi connectivity index (χ2v) is 6.19. The summed E-state index contributed by atoms with van der Waals surface area (Å²) < 4.78 is 5.07. The minimum absolute atomic E-state index is 0.0393. The molecule has 0 unspecified atom stereocenters. The van der Waals surface area contributed by atoms with Gasteiger partial charge in [-0.3, -0.25) is 4.79 Å². The molecule has 0 aliphatic carbocycles. The SMILES string of the molecule is CC(C)(C)SOC(=O)CCc1ccccc1. The predicted octanol–water partition coefficient (Wildman–Crippen LogP) is 3.61. The molecule has 0 saturated carbocycles. The fourth-order valence-electron chi connectivity index (χ4n) is 1.10. The van der Waals surface area contributed by atoms with E-state index >= 15 is 0 Å². The number of hydrogen-bond acceptors (Lipinski definition) is 3. The Balaban J connectivity index is 2.26. The first-order valence-corrected chi connectivity index (χ1v) is 6.14. The topological polar surface area (TPSA) is 26.3 Å². The van der Waals surface area contributed by atoms with Gasteiger partial charge in [-0.05, 0) is 32.8 Å². The van der Waals surface area contributed by atoms with Gasteiger partial charge in [0, 0.05) is 4.75 Å². The van der Waals surface area contributed by atoms with Gasteiger partial charge in [0.25, 0.3) is 0 Å². The number of hydrogen-bond donors (Lipinski definition) is 0. The summed E-state index contributed by atoms with van der Waals surface area (Å²) >= 11 is 1.23. The molecule has 16 heavy (non-hydrogen) atoms. The summed E-state index contributed by atoms with van der Waals surface area (Å²) in [4.78, 5) is 11.4. The van der Waals surface area contributed by atoms with Gasteiger partial charge in [0.2, 0.25) is 0 Å². The summed E-state index contributed by atoms with van der Waals surface area (Å²) in [6.45, 7) is 6.05. The van der Waals surface area contributed by atoms with Crippen molar-refractivity contribution >= 4 is 18.0 Å². The summed E-state index contributed by atoms with van der Waals surface area (Å²) in [6.07, 6.45) is 1.18. The normalized spacial score (nSPS) is 11.2. The van der Waals surface area contributed by atoms with Gasteiger partial charge < -0.3 is 4.18 Å². The fraction of sp³-hybridized carbons (Fsp3) is 0.462. The molecule has 0 atom stereocenters. The smallest absolute Gasteiger partial charge is 0.318 e. The largest absolute Gasteiger partial charge is 0.391 e. The van der Waals surface area contributed by atoms with Gasteiger partial charge >= 0.3 is 5.97 Å². The average Bonchev–Trinajstić information content (AvgIpc) is 2.24. The highest BCUT2D eigenvalue weighted by molar-refractivity contribution is 7.96. The minimum atomic E-state index is -0.149. The first kappa shape index (κ1) is 13.1. The third-order valence-electron chi connectivity index (χ3n) is 1.85. The molecule has 1 aromatic rings. The second kappa shape index (κ2) is 5.94. The monoisotopic (exact) mass is 238 g/mol. The Morgan fingerprint density at radius 1 is 1.25 bits per heavy atom. The molecule has 0 spiro atoms. The lowest BCUT2D eigenvalue weighted by Crippen LogP contribution is -2.11. The van der Waals surface area contributed by atoms with E-state index in [-0.39, 0.29) is 10.7 Å². The Morgan fingerprint density at radius 2 is 1.88 bits per heavy atom. The van der Waals surface area contributed by atoms with Crippen LogP contribution in [0.15, 0.2) is 30.3 Å². The predicted molar refractivity (Wildman–Crippen MR) is 68.2 cm³/mol. The lowest BCUT2D eigenvalue weighted by atomic mass is 10.1. The maximum absolute atomic E-state index is 11.4. The van der Waals surface area contributed by atoms with Gasteiger partial charge in [0.1, 0.15) is 0 Å². The molecule has 0 aliphatic heterocycles. The zero-order chi connectivity index (χ0) is 12.0. The van der Waals surface area contributed by atoms with Crippen LogP contribution in [0.25, 0.3) is 0 Å². The Morgan fingerprint density at radius 3 is 2.44 bits per heavy atom. The minimum Gasteiger partial charge on any atom is -0.391 e. The lowest BCUT2D eigenvalue weighted by Gasteiger charge is -2.15. The van der Waals surface area contributed by atoms with Crippen LogP contribution in [0.1, 0.15) is 32.8 Å². The molecule has 0 fully saturated rings. The third kappa shape index (κ3) is 5.81. The molecular weight excluding hydrogens is 220 g/mol. The number of carbonyl (C=O) groups excluding carboxylic acids is 1. The van der Waals surface area contributed by atoms with Crippen LogP contribution in [0.2, 0.25) is 0 Å². The molecule has 1 rings (SSSR count). The van der Waals surface area contributed by atoms with Crippen LogP contribution in [0.4, 0.5) is 0 Å². The number of aryl methyl sites for hydroxylation is 1. The quantitative estimate of drug-likeness (QED) is 0.750. The second-order valence-electron chi connectivity index (χ2n) is 4.64. The van der Waals surface area contributed by atoms with Crippen molar-refractivity contribution in [2.45, 2.75) is 38.4 Å². The molecule has 88 valence electrons. The highest BCUT2D eigenvalue weighted by Crippen LogP contribution is 2.24. The van der Waals surface area contributed by atoms with Crippen LogP contribution < -0.4 is 0 Å². The lowest BCUT2D eigenvalue weighted by molar-refractivity contribution is -0.133. The van der Waals surface area contributed by atoms with Crippen molar-refractivity contribution in [1.29, 1.82) is 0 Å². The molecule has 0 aromatic heterocycles. The van der Waals surface area contributed by atoms with Crippen LogP contribution in [-0.4, -0.2) is 10.7 Å². The number of carbonyl (C=O) groups is 1. The van der Waals surface area contributed by atoms with E-state index < -0.39 is 0 Å². The van der Waals surface area contributed by atoms with E-state index in [9.17, 15) is 4.79 Å². The molecule has 3 heteroatoms. The van der Waals surface area contributed by atoms with Crippen LogP contribution in [0, 0.1) is 0 Å². The van der Waals surface area contributed by atoms with Crippen LogP contribution in [0.3, 0.4) is 0 Å². The average molecular weight is 238 g/mol. The van der Waals surface area contributed by atoms with E-state index in [0.717, 1.165) is 6.42 Å². The van der Waals surface area contributed by atoms with Crippen molar-refractivity contribution in [2.75, 3.05) is 0 Å². The van der Waals surface area contributed by atoms with Gasteiger partial charge in [-0.1, -0.05) is 30.3 Å². The summed E-state index contributed by atoms with van der Waals surface area (Å²) in [7, 11) is 0. The molecule has 0 radical (unpaired) electrons. The maximum atomic E-state index is 11.4. The Labute approximate surface area is 102 Å². The van der Waals surface area contributed by atoms with Crippen molar-refractivity contribution in [2.24, 2.45) is 0 Å². The Hall–Kier alpha value is -0.960. The highest BCUT2D eigenvalue weighted by atomic mass is 32.2. The van der Waals surface area contributed by atoms with Gasteiger partial charge in [0.05, 0.1) is 18.5 Å². The molecule has 0 saturated heterocycles. The van der Waals surface area contributed by atoms with E-state index in [1.807, 2.05) is 51.1 Å². The molecule has 1 aromatic carbocycles. The summed E-state index contributed by atoms with van der Waals surface area (Å²) in [5.41, 5.74) is 1.17. The highest BCUT2D eigenvalue weighted by Gasteiger charge is 2.15. The van der Waals surface area contributed by atoms with Crippen molar-refractivity contribution in [3.05, 3.63) is 35.9 Å².